The van der Waals surface area contributed by atoms with Gasteiger partial charge in [0.2, 0.25) is 0 Å². The first-order valence-corrected chi connectivity index (χ1v) is 7.76. The molecule has 5 heteroatoms. The second-order valence-corrected chi connectivity index (χ2v) is 7.02. The average molecular weight is 279 g/mol. The van der Waals surface area contributed by atoms with Crippen molar-refractivity contribution in [3.05, 3.63) is 12.2 Å². The number of hydrogen-bond donors (Lipinski definition) is 1. The summed E-state index contributed by atoms with van der Waals surface area (Å²) in [4.78, 5) is 7.03. The lowest BCUT2D eigenvalue weighted by Crippen LogP contribution is -2.59. The van der Waals surface area contributed by atoms with Gasteiger partial charge >= 0.3 is 0 Å². The van der Waals surface area contributed by atoms with E-state index in [1.165, 1.54) is 0 Å². The van der Waals surface area contributed by atoms with E-state index >= 15 is 0 Å². The van der Waals surface area contributed by atoms with Gasteiger partial charge < -0.3 is 5.32 Å². The molecule has 1 aliphatic rings. The Bertz CT molecular complexity index is 420. The average Bonchev–Trinajstić information content (AvgIpc) is 2.76. The van der Waals surface area contributed by atoms with Crippen LogP contribution in [0.2, 0.25) is 0 Å². The molecule has 2 unspecified atom stereocenters. The zero-order valence-corrected chi connectivity index (χ0v) is 13.6. The summed E-state index contributed by atoms with van der Waals surface area (Å²) in [5.41, 5.74) is 0.267. The number of piperazine rings is 1. The molecule has 1 fully saturated rings. The minimum Gasteiger partial charge on any atom is -0.311 e. The summed E-state index contributed by atoms with van der Waals surface area (Å²) in [7, 11) is 0. The van der Waals surface area contributed by atoms with Crippen LogP contribution in [0.15, 0.2) is 6.33 Å². The van der Waals surface area contributed by atoms with Crippen molar-refractivity contribution in [2.45, 2.75) is 66.2 Å². The smallest absolute Gasteiger partial charge is 0.141 e. The molecule has 2 rings (SSSR count). The summed E-state index contributed by atoms with van der Waals surface area (Å²) < 4.78 is 2.05. The van der Waals surface area contributed by atoms with Crippen molar-refractivity contribution in [3.8, 4) is 0 Å². The van der Waals surface area contributed by atoms with Crippen LogP contribution in [-0.2, 0) is 13.1 Å². The molecule has 1 N–H and O–H groups in total. The van der Waals surface area contributed by atoms with Gasteiger partial charge in [0.1, 0.15) is 12.2 Å². The third-order valence-electron chi connectivity index (χ3n) is 4.08. The summed E-state index contributed by atoms with van der Waals surface area (Å²) in [6, 6.07) is 1.07. The van der Waals surface area contributed by atoms with Crippen LogP contribution in [0.1, 0.15) is 46.9 Å². The van der Waals surface area contributed by atoms with Gasteiger partial charge in [0, 0.05) is 31.7 Å². The Morgan fingerprint density at radius 1 is 1.40 bits per heavy atom. The van der Waals surface area contributed by atoms with Gasteiger partial charge in [-0.3, -0.25) is 4.90 Å². The molecule has 1 aromatic rings. The van der Waals surface area contributed by atoms with Crippen molar-refractivity contribution < 1.29 is 0 Å². The lowest BCUT2D eigenvalue weighted by atomic mass is 9.84. The lowest BCUT2D eigenvalue weighted by Gasteiger charge is -2.45. The molecule has 0 amide bonds. The van der Waals surface area contributed by atoms with E-state index in [1.807, 2.05) is 4.68 Å². The van der Waals surface area contributed by atoms with Crippen LogP contribution in [0.25, 0.3) is 0 Å². The minimum atomic E-state index is 0.267. The fraction of sp³-hybridized carbons (Fsp3) is 0.867. The molecule has 0 saturated carbocycles. The van der Waals surface area contributed by atoms with E-state index in [4.69, 9.17) is 0 Å². The molecule has 0 spiro atoms. The van der Waals surface area contributed by atoms with Crippen LogP contribution in [0, 0.1) is 5.41 Å². The topological polar surface area (TPSA) is 46.0 Å². The molecular formula is C15H29N5. The summed E-state index contributed by atoms with van der Waals surface area (Å²) in [6.45, 7) is 15.4. The van der Waals surface area contributed by atoms with Crippen LogP contribution in [0.5, 0.6) is 0 Å². The maximum Gasteiger partial charge on any atom is 0.141 e. The zero-order chi connectivity index (χ0) is 14.8. The Morgan fingerprint density at radius 2 is 2.15 bits per heavy atom. The standard InChI is InChI=1S/C15H29N5/c1-6-7-20-14(17-11-18-20)10-19-9-12(2)16-8-13(19)15(3,4)5/h11-13,16H,6-10H2,1-5H3. The van der Waals surface area contributed by atoms with Gasteiger partial charge in [0.15, 0.2) is 0 Å². The summed E-state index contributed by atoms with van der Waals surface area (Å²) in [5, 5.41) is 7.94. The summed E-state index contributed by atoms with van der Waals surface area (Å²) in [5.74, 6) is 1.09. The maximum atomic E-state index is 4.46. The highest BCUT2D eigenvalue weighted by Crippen LogP contribution is 2.27. The fourth-order valence-electron chi connectivity index (χ4n) is 3.00. The van der Waals surface area contributed by atoms with Gasteiger partial charge in [0.25, 0.3) is 0 Å². The fourth-order valence-corrected chi connectivity index (χ4v) is 3.00. The molecule has 1 aromatic heterocycles. The van der Waals surface area contributed by atoms with Gasteiger partial charge in [-0.15, -0.1) is 0 Å². The number of aromatic nitrogens is 3. The van der Waals surface area contributed by atoms with Crippen molar-refractivity contribution in [1.29, 1.82) is 0 Å². The zero-order valence-electron chi connectivity index (χ0n) is 13.6. The van der Waals surface area contributed by atoms with Crippen LogP contribution in [0.4, 0.5) is 0 Å². The summed E-state index contributed by atoms with van der Waals surface area (Å²) in [6.07, 6.45) is 2.78. The molecule has 0 aromatic carbocycles. The Kier molecular flexibility index (Phi) is 4.81. The van der Waals surface area contributed by atoms with Crippen LogP contribution in [-0.4, -0.2) is 44.8 Å². The molecule has 2 atom stereocenters. The highest BCUT2D eigenvalue weighted by atomic mass is 15.4. The van der Waals surface area contributed by atoms with Crippen LogP contribution >= 0.6 is 0 Å². The predicted octanol–water partition coefficient (Wildman–Crippen LogP) is 1.90. The van der Waals surface area contributed by atoms with Crippen molar-refractivity contribution in [2.75, 3.05) is 13.1 Å². The van der Waals surface area contributed by atoms with E-state index in [0.29, 0.717) is 12.1 Å². The Morgan fingerprint density at radius 3 is 2.80 bits per heavy atom. The van der Waals surface area contributed by atoms with E-state index < -0.39 is 0 Å². The van der Waals surface area contributed by atoms with Crippen molar-refractivity contribution in [2.24, 2.45) is 5.41 Å². The molecular weight excluding hydrogens is 250 g/mol. The lowest BCUT2D eigenvalue weighted by molar-refractivity contribution is 0.0494. The monoisotopic (exact) mass is 279 g/mol. The first kappa shape index (κ1) is 15.4. The predicted molar refractivity (Wildman–Crippen MR) is 81.4 cm³/mol. The van der Waals surface area contributed by atoms with E-state index in [9.17, 15) is 0 Å². The second kappa shape index (κ2) is 6.22. The molecule has 2 heterocycles. The van der Waals surface area contributed by atoms with E-state index in [1.54, 1.807) is 6.33 Å². The van der Waals surface area contributed by atoms with Crippen molar-refractivity contribution in [1.82, 2.24) is 25.0 Å². The Balaban J connectivity index is 2.13. The number of rotatable bonds is 4. The minimum absolute atomic E-state index is 0.267. The summed E-state index contributed by atoms with van der Waals surface area (Å²) >= 11 is 0. The number of aryl methyl sites for hydroxylation is 1. The van der Waals surface area contributed by atoms with Crippen molar-refractivity contribution in [3.63, 3.8) is 0 Å². The van der Waals surface area contributed by atoms with E-state index in [-0.39, 0.29) is 5.41 Å². The van der Waals surface area contributed by atoms with Crippen LogP contribution in [0.3, 0.4) is 0 Å². The van der Waals surface area contributed by atoms with Crippen molar-refractivity contribution >= 4 is 0 Å². The number of nitrogens with zero attached hydrogens (tertiary/aromatic N) is 4. The molecule has 0 bridgehead atoms. The molecule has 1 aliphatic heterocycles. The van der Waals surface area contributed by atoms with Gasteiger partial charge in [-0.1, -0.05) is 27.7 Å². The van der Waals surface area contributed by atoms with Gasteiger partial charge in [-0.05, 0) is 18.8 Å². The van der Waals surface area contributed by atoms with Gasteiger partial charge in [-0.25, -0.2) is 9.67 Å². The molecule has 1 saturated heterocycles. The van der Waals surface area contributed by atoms with Gasteiger partial charge in [-0.2, -0.15) is 5.10 Å². The first-order valence-electron chi connectivity index (χ1n) is 7.76. The molecule has 5 nitrogen and oxygen atoms in total. The normalized spacial score (nSPS) is 25.1. The largest absolute Gasteiger partial charge is 0.311 e. The first-order chi connectivity index (χ1) is 9.41. The molecule has 0 radical (unpaired) electrons. The molecule has 114 valence electrons. The molecule has 20 heavy (non-hydrogen) atoms. The Hall–Kier alpha value is -0.940. The maximum absolute atomic E-state index is 4.46. The van der Waals surface area contributed by atoms with Gasteiger partial charge in [0.05, 0.1) is 6.54 Å². The highest BCUT2D eigenvalue weighted by molar-refractivity contribution is 4.95. The molecule has 0 aliphatic carbocycles. The highest BCUT2D eigenvalue weighted by Gasteiger charge is 2.34. The Labute approximate surface area is 122 Å². The number of nitrogens with one attached hydrogen (secondary N) is 1. The number of hydrogen-bond acceptors (Lipinski definition) is 4. The van der Waals surface area contributed by atoms with Crippen LogP contribution < -0.4 is 5.32 Å². The van der Waals surface area contributed by atoms with E-state index in [0.717, 1.165) is 38.4 Å². The second-order valence-electron chi connectivity index (χ2n) is 7.02. The SMILES string of the molecule is CCCn1ncnc1CN1CC(C)NCC1C(C)(C)C. The third-order valence-corrected chi connectivity index (χ3v) is 4.08. The third kappa shape index (κ3) is 3.58. The quantitative estimate of drug-likeness (QED) is 0.914. The van der Waals surface area contributed by atoms with E-state index in [2.05, 4.69) is 54.9 Å².